The molecule has 0 bridgehead atoms. The van der Waals surface area contributed by atoms with Gasteiger partial charge in [-0.3, -0.25) is 0 Å². The summed E-state index contributed by atoms with van der Waals surface area (Å²) in [5.74, 6) is 0.650. The van der Waals surface area contributed by atoms with Gasteiger partial charge in [0.15, 0.2) is 0 Å². The summed E-state index contributed by atoms with van der Waals surface area (Å²) in [6.07, 6.45) is 21.6. The van der Waals surface area contributed by atoms with E-state index in [-0.39, 0.29) is 47.0 Å². The first-order chi connectivity index (χ1) is 9.27. The van der Waals surface area contributed by atoms with E-state index in [1.807, 2.05) is 0 Å². The van der Waals surface area contributed by atoms with Crippen LogP contribution in [-0.2, 0) is 0 Å². The Bertz CT molecular complexity index is 160. The quantitative estimate of drug-likeness (QED) is 0.163. The Kier molecular flexibility index (Phi) is 30.9. The summed E-state index contributed by atoms with van der Waals surface area (Å²) in [4.78, 5) is 0. The molecule has 0 spiro atoms. The van der Waals surface area contributed by atoms with Crippen LogP contribution >= 0.6 is 0 Å². The maximum atomic E-state index is 4.04. The van der Waals surface area contributed by atoms with Crippen molar-refractivity contribution in [3.63, 3.8) is 0 Å². The number of rotatable bonds is 15. The smallest absolute Gasteiger partial charge is 1.00 e. The van der Waals surface area contributed by atoms with E-state index in [9.17, 15) is 0 Å². The fourth-order valence-electron chi connectivity index (χ4n) is 2.69. The van der Waals surface area contributed by atoms with Crippen LogP contribution in [0.3, 0.4) is 0 Å². The van der Waals surface area contributed by atoms with Crippen molar-refractivity contribution in [1.29, 1.82) is 0 Å². The third kappa shape index (κ3) is 26.7. The molecule has 0 aromatic carbocycles. The molecule has 0 saturated carbocycles. The van der Waals surface area contributed by atoms with Crippen molar-refractivity contribution in [2.24, 2.45) is 5.92 Å². The second-order valence-corrected chi connectivity index (χ2v) is 6.49. The fraction of sp³-hybridized carbons (Fsp3) is 0.947. The monoisotopic (exact) mass is 418 g/mol. The molecule has 21 heavy (non-hydrogen) atoms. The maximum Gasteiger partial charge on any atom is 2.00 e. The van der Waals surface area contributed by atoms with Crippen molar-refractivity contribution < 1.29 is 24.0 Å². The molecule has 0 N–H and O–H groups in total. The van der Waals surface area contributed by atoms with Crippen molar-refractivity contribution >= 4 is 23.1 Å². The molecule has 0 radical (unpaired) electrons. The van der Waals surface area contributed by atoms with Crippen LogP contribution in [0.1, 0.15) is 110 Å². The van der Waals surface area contributed by atoms with Gasteiger partial charge >= 0.3 is 23.1 Å². The predicted molar refractivity (Wildman–Crippen MR) is 95.2 cm³/mol. The third-order valence-corrected chi connectivity index (χ3v) is 4.05. The Morgan fingerprint density at radius 2 is 0.905 bits per heavy atom. The van der Waals surface area contributed by atoms with E-state index in [2.05, 4.69) is 20.8 Å². The second-order valence-electron chi connectivity index (χ2n) is 6.49. The third-order valence-electron chi connectivity index (χ3n) is 4.05. The first kappa shape index (κ1) is 27.3. The van der Waals surface area contributed by atoms with Crippen molar-refractivity contribution in [3.8, 4) is 0 Å². The van der Waals surface area contributed by atoms with Crippen LogP contribution in [0.2, 0.25) is 0 Å². The molecule has 0 fully saturated rings. The van der Waals surface area contributed by atoms with Gasteiger partial charge in [0.1, 0.15) is 0 Å². The van der Waals surface area contributed by atoms with Crippen molar-refractivity contribution in [3.05, 3.63) is 6.92 Å². The van der Waals surface area contributed by atoms with Crippen LogP contribution in [0.5, 0.6) is 0 Å². The number of hydrogen-bond donors (Lipinski definition) is 0. The standard InChI is InChI=1S/C19H39.HI.Mg/c1-4-5-6-7-8-9-10-11-12-13-14-15-16-17-18-19(2)3;;/h19H,2,4-18H2,1,3H3;1H;/q-1;;+2/p-1. The maximum absolute atomic E-state index is 4.04. The molecule has 1 unspecified atom stereocenters. The van der Waals surface area contributed by atoms with E-state index >= 15 is 0 Å². The molecule has 0 nitrogen and oxygen atoms in total. The van der Waals surface area contributed by atoms with Gasteiger partial charge in [0.05, 0.1) is 0 Å². The molecule has 0 heterocycles. The van der Waals surface area contributed by atoms with Gasteiger partial charge in [0.25, 0.3) is 0 Å². The minimum Gasteiger partial charge on any atom is -1.00 e. The average Bonchev–Trinajstić information content (AvgIpc) is 2.39. The summed E-state index contributed by atoms with van der Waals surface area (Å²) in [6, 6.07) is 0. The van der Waals surface area contributed by atoms with E-state index < -0.39 is 0 Å². The van der Waals surface area contributed by atoms with Crippen molar-refractivity contribution in [1.82, 2.24) is 0 Å². The van der Waals surface area contributed by atoms with Crippen LogP contribution in [0.4, 0.5) is 0 Å². The Balaban J connectivity index is -0.00000162. The van der Waals surface area contributed by atoms with E-state index in [1.165, 1.54) is 96.3 Å². The topological polar surface area (TPSA) is 0 Å². The van der Waals surface area contributed by atoms with Crippen LogP contribution in [-0.4, -0.2) is 23.1 Å². The summed E-state index contributed by atoms with van der Waals surface area (Å²) in [6.45, 7) is 8.55. The zero-order valence-corrected chi connectivity index (χ0v) is 18.5. The fourth-order valence-corrected chi connectivity index (χ4v) is 2.69. The molecule has 0 aliphatic carbocycles. The van der Waals surface area contributed by atoms with Crippen LogP contribution < -0.4 is 24.0 Å². The summed E-state index contributed by atoms with van der Waals surface area (Å²) >= 11 is 0. The minimum atomic E-state index is 0. The van der Waals surface area contributed by atoms with E-state index in [0.717, 1.165) is 0 Å². The van der Waals surface area contributed by atoms with Gasteiger partial charge in [-0.25, -0.2) is 0 Å². The predicted octanol–water partition coefficient (Wildman–Crippen LogP) is 3.95. The summed E-state index contributed by atoms with van der Waals surface area (Å²) in [7, 11) is 0. The van der Waals surface area contributed by atoms with Gasteiger partial charge < -0.3 is 30.9 Å². The summed E-state index contributed by atoms with van der Waals surface area (Å²) in [5, 5.41) is 0. The van der Waals surface area contributed by atoms with Crippen LogP contribution in [0, 0.1) is 12.8 Å². The second kappa shape index (κ2) is 23.8. The van der Waals surface area contributed by atoms with Gasteiger partial charge in [-0.2, -0.15) is 5.92 Å². The molecular weight excluding hydrogens is 379 g/mol. The number of halogens is 1. The van der Waals surface area contributed by atoms with Gasteiger partial charge in [0.2, 0.25) is 0 Å². The van der Waals surface area contributed by atoms with E-state index in [4.69, 9.17) is 0 Å². The molecule has 0 aliphatic rings. The van der Waals surface area contributed by atoms with Crippen molar-refractivity contribution in [2.75, 3.05) is 0 Å². The van der Waals surface area contributed by atoms with Gasteiger partial charge in [-0.1, -0.05) is 110 Å². The normalized spacial score (nSPS) is 11.6. The zero-order valence-electron chi connectivity index (χ0n) is 15.0. The molecule has 0 rings (SSSR count). The Morgan fingerprint density at radius 3 is 1.19 bits per heavy atom. The van der Waals surface area contributed by atoms with Crippen LogP contribution in [0.25, 0.3) is 0 Å². The molecular formula is C19H39IMg. The van der Waals surface area contributed by atoms with Gasteiger partial charge in [-0.15, -0.1) is 0 Å². The summed E-state index contributed by atoms with van der Waals surface area (Å²) < 4.78 is 0. The van der Waals surface area contributed by atoms with Gasteiger partial charge in [0, 0.05) is 0 Å². The largest absolute Gasteiger partial charge is 2.00 e. The first-order valence-electron chi connectivity index (χ1n) is 9.10. The molecule has 0 amide bonds. The average molecular weight is 419 g/mol. The molecule has 2 heteroatoms. The molecule has 0 saturated heterocycles. The Hall–Kier alpha value is 1.50. The first-order valence-corrected chi connectivity index (χ1v) is 9.10. The zero-order chi connectivity index (χ0) is 14.2. The number of hydrogen-bond acceptors (Lipinski definition) is 0. The van der Waals surface area contributed by atoms with Crippen LogP contribution in [0.15, 0.2) is 0 Å². The number of unbranched alkanes of at least 4 members (excludes halogenated alkanes) is 13. The SMILES string of the molecule is [CH2-]C(C)CCCCCCCCCCCCCCCC.[I-].[Mg+2]. The Labute approximate surface area is 169 Å². The van der Waals surface area contributed by atoms with Crippen molar-refractivity contribution in [2.45, 2.75) is 110 Å². The Morgan fingerprint density at radius 1 is 0.619 bits per heavy atom. The molecule has 1 atom stereocenters. The van der Waals surface area contributed by atoms with E-state index in [1.54, 1.807) is 0 Å². The minimum absolute atomic E-state index is 0. The van der Waals surface area contributed by atoms with Gasteiger partial charge in [-0.05, 0) is 0 Å². The molecule has 0 aliphatic heterocycles. The summed E-state index contributed by atoms with van der Waals surface area (Å²) in [5.41, 5.74) is 0. The molecule has 0 aromatic heterocycles. The van der Waals surface area contributed by atoms with E-state index in [0.29, 0.717) is 5.92 Å². The molecule has 124 valence electrons. The molecule has 0 aromatic rings.